The summed E-state index contributed by atoms with van der Waals surface area (Å²) in [5.74, 6) is -8.50. The molecule has 0 aliphatic carbocycles. The summed E-state index contributed by atoms with van der Waals surface area (Å²) >= 11 is 0. The summed E-state index contributed by atoms with van der Waals surface area (Å²) in [6, 6.07) is -1.10. The number of nitrogens with zero attached hydrogens (tertiary/aromatic N) is 2. The number of aliphatic hydroxyl groups is 12. The van der Waals surface area contributed by atoms with Crippen LogP contribution in [0, 0.1) is 0 Å². The molecule has 1 aromatic carbocycles. The van der Waals surface area contributed by atoms with E-state index in [4.69, 9.17) is 61.6 Å². The van der Waals surface area contributed by atoms with Crippen molar-refractivity contribution in [1.82, 2.24) is 57.7 Å². The third kappa shape index (κ3) is 34.9. The molecule has 0 saturated carbocycles. The molecule has 0 bridgehead atoms. The zero-order chi connectivity index (χ0) is 88.1. The Labute approximate surface area is 685 Å². The van der Waals surface area contributed by atoms with E-state index >= 15 is 4.79 Å². The number of carbonyl (C=O) groups is 11. The Morgan fingerprint density at radius 2 is 0.672 bits per heavy atom. The number of carbonyl (C=O) groups excluding carboxylic acids is 11. The van der Waals surface area contributed by atoms with Gasteiger partial charge in [-0.15, -0.1) is 0 Å². The standard InChI is InChI=1S/C72H119N11O36/c1-38(88)77-54-62(101)58(97)45(34-84)115-68(54)111-26-22-107-18-14-73-49(92)30-82(31-50(93)74-15-19-108-23-27-112-69-55(78-39(2)89)63(102)59(98)46(35-85)116-69)53(96)13-12-44(81-66(105)42-8-10-43(11-9-42)119-72(5,6)7)67(106)83(32-51(94)75-16-20-109-24-28-113-70-56(79-40(3)90)64(103)60(99)47(36-86)117-70)33-52(95)76-17-21-110-25-29-114-71-57(80-41(4)91)65(104)61(100)48(37-87)118-71/h8-11,44-48,54-65,68-71,84-87,97-104H,12-37H2,1-7H3,(H,73,92)(H,74,93)(H,75,94)(H,76,95)(H,77,88)(H,78,89)(H,79,90)(H,80,91)(H,81,105). The lowest BCUT2D eigenvalue weighted by Gasteiger charge is -2.42. The van der Waals surface area contributed by atoms with Crippen LogP contribution < -0.4 is 52.6 Å². The SMILES string of the molecule is CC(=O)NC1C(OCCOCCNC(=O)CN(CC(=O)NCCOCCOC2OC(CO)C(O)C(O)C2NC(C)=O)C(=O)CCC(NC(=O)c2ccc(OC(C)(C)C)cc2)C(=O)N(CC(=O)NCCOCCOC2OC(CO)C(O)C(O)C2NC(C)=O)CC(=O)NCCOCCOC2OC(CO)C(O)C(O)C2NC(C)=O)OC(CO)C(O)C1O. The van der Waals surface area contributed by atoms with Gasteiger partial charge in [0.15, 0.2) is 25.2 Å². The molecule has 678 valence electrons. The molecule has 21 unspecified atom stereocenters. The lowest BCUT2D eigenvalue weighted by atomic mass is 9.97. The van der Waals surface area contributed by atoms with E-state index in [9.17, 15) is 109 Å². The van der Waals surface area contributed by atoms with Crippen LogP contribution in [0.5, 0.6) is 5.75 Å². The van der Waals surface area contributed by atoms with Crippen molar-refractivity contribution < 1.29 is 176 Å². The lowest BCUT2D eigenvalue weighted by molar-refractivity contribution is -0.272. The number of rotatable bonds is 51. The van der Waals surface area contributed by atoms with Gasteiger partial charge in [0.1, 0.15) is 141 Å². The molecule has 4 aliphatic heterocycles. The van der Waals surface area contributed by atoms with Gasteiger partial charge in [0.05, 0.1) is 106 Å². The van der Waals surface area contributed by atoms with Gasteiger partial charge in [-0.25, -0.2) is 0 Å². The second kappa shape index (κ2) is 52.5. The maximum Gasteiger partial charge on any atom is 0.251 e. The summed E-state index contributed by atoms with van der Waals surface area (Å²) in [6.45, 7) is 0.336. The van der Waals surface area contributed by atoms with Crippen molar-refractivity contribution in [2.45, 2.75) is 196 Å². The van der Waals surface area contributed by atoms with Gasteiger partial charge in [-0.05, 0) is 51.5 Å². The van der Waals surface area contributed by atoms with Crippen LogP contribution in [0.3, 0.4) is 0 Å². The number of nitrogens with one attached hydrogen (secondary N) is 9. The van der Waals surface area contributed by atoms with E-state index in [0.717, 1.165) is 37.5 Å². The fourth-order valence-electron chi connectivity index (χ4n) is 12.3. The topological polar surface area (TPSA) is 665 Å². The highest BCUT2D eigenvalue weighted by Crippen LogP contribution is 2.27. The average molecular weight is 1710 g/mol. The summed E-state index contributed by atoms with van der Waals surface area (Å²) < 4.78 is 73.2. The van der Waals surface area contributed by atoms with Crippen molar-refractivity contribution >= 4 is 65.0 Å². The van der Waals surface area contributed by atoms with Gasteiger partial charge in [0, 0.05) is 65.9 Å². The van der Waals surface area contributed by atoms with Crippen LogP contribution in [-0.4, -0.2) is 428 Å². The molecule has 21 atom stereocenters. The van der Waals surface area contributed by atoms with Gasteiger partial charge in [-0.2, -0.15) is 0 Å². The number of aliphatic hydroxyl groups excluding tert-OH is 12. The Kier molecular flexibility index (Phi) is 44.9. The van der Waals surface area contributed by atoms with E-state index < -0.39 is 265 Å². The minimum atomic E-state index is -1.80. The van der Waals surface area contributed by atoms with E-state index in [-0.39, 0.29) is 111 Å². The van der Waals surface area contributed by atoms with E-state index in [1.165, 1.54) is 24.3 Å². The number of ether oxygens (including phenoxy) is 13. The molecular formula is C72H119N11O36. The van der Waals surface area contributed by atoms with Gasteiger partial charge >= 0.3 is 0 Å². The Hall–Kier alpha value is -7.77. The fourth-order valence-corrected chi connectivity index (χ4v) is 12.3. The van der Waals surface area contributed by atoms with Crippen LogP contribution in [0.15, 0.2) is 24.3 Å². The molecule has 4 saturated heterocycles. The van der Waals surface area contributed by atoms with Crippen LogP contribution in [0.2, 0.25) is 0 Å². The van der Waals surface area contributed by atoms with Crippen molar-refractivity contribution in [2.75, 3.05) is 158 Å². The van der Waals surface area contributed by atoms with E-state index in [0.29, 0.717) is 5.75 Å². The second-order valence-electron chi connectivity index (χ2n) is 28.8. The van der Waals surface area contributed by atoms with E-state index in [2.05, 4.69) is 47.9 Å². The van der Waals surface area contributed by atoms with Crippen molar-refractivity contribution in [3.8, 4) is 5.75 Å². The quantitative estimate of drug-likeness (QED) is 0.0269. The van der Waals surface area contributed by atoms with Gasteiger partial charge in [0.2, 0.25) is 59.1 Å². The summed E-state index contributed by atoms with van der Waals surface area (Å²) in [6.07, 6.45) is -24.5. The minimum Gasteiger partial charge on any atom is -0.488 e. The maximum atomic E-state index is 15.2. The fraction of sp³-hybridized carbons (Fsp3) is 0.764. The highest BCUT2D eigenvalue weighted by molar-refractivity contribution is 5.99. The van der Waals surface area contributed by atoms with Crippen LogP contribution in [-0.2, 0) is 105 Å². The van der Waals surface area contributed by atoms with Crippen molar-refractivity contribution in [1.29, 1.82) is 0 Å². The Bertz CT molecular complexity index is 3160. The lowest BCUT2D eigenvalue weighted by Crippen LogP contribution is -2.64. The number of benzene rings is 1. The third-order valence-corrected chi connectivity index (χ3v) is 18.1. The highest BCUT2D eigenvalue weighted by atomic mass is 16.7. The van der Waals surface area contributed by atoms with Crippen molar-refractivity contribution in [2.24, 2.45) is 0 Å². The van der Waals surface area contributed by atoms with E-state index in [1.807, 2.05) is 0 Å². The summed E-state index contributed by atoms with van der Waals surface area (Å²) in [4.78, 5) is 149. The third-order valence-electron chi connectivity index (χ3n) is 18.1. The Morgan fingerprint density at radius 1 is 0.395 bits per heavy atom. The molecule has 47 nitrogen and oxygen atoms in total. The molecule has 21 N–H and O–H groups in total. The van der Waals surface area contributed by atoms with Crippen molar-refractivity contribution in [3.63, 3.8) is 0 Å². The first kappa shape index (κ1) is 102. The first-order valence-electron chi connectivity index (χ1n) is 38.6. The van der Waals surface area contributed by atoms with Crippen molar-refractivity contribution in [3.05, 3.63) is 29.8 Å². The molecule has 4 aliphatic rings. The van der Waals surface area contributed by atoms with Gasteiger partial charge in [0.25, 0.3) is 5.91 Å². The molecule has 11 amide bonds. The molecule has 5 rings (SSSR count). The monoisotopic (exact) mass is 1710 g/mol. The summed E-state index contributed by atoms with van der Waals surface area (Å²) in [5.41, 5.74) is -0.710. The zero-order valence-electron chi connectivity index (χ0n) is 67.4. The first-order valence-corrected chi connectivity index (χ1v) is 38.6. The smallest absolute Gasteiger partial charge is 0.251 e. The normalized spacial score (nSPS) is 27.1. The Morgan fingerprint density at radius 3 is 0.933 bits per heavy atom. The largest absolute Gasteiger partial charge is 0.488 e. The van der Waals surface area contributed by atoms with Crippen LogP contribution in [0.25, 0.3) is 0 Å². The molecule has 0 aromatic heterocycles. The van der Waals surface area contributed by atoms with Gasteiger partial charge in [-0.1, -0.05) is 0 Å². The van der Waals surface area contributed by atoms with E-state index in [1.54, 1.807) is 20.8 Å². The minimum absolute atomic E-state index is 0.0403. The predicted octanol–water partition coefficient (Wildman–Crippen LogP) is -12.2. The maximum absolute atomic E-state index is 15.2. The molecule has 0 spiro atoms. The second-order valence-corrected chi connectivity index (χ2v) is 28.8. The van der Waals surface area contributed by atoms with Gasteiger partial charge < -0.3 is 181 Å². The summed E-state index contributed by atoms with van der Waals surface area (Å²) in [7, 11) is 0. The number of amides is 11. The molecule has 4 fully saturated rings. The molecule has 4 heterocycles. The number of hydrogen-bond acceptors (Lipinski definition) is 36. The Balaban J connectivity index is 1.34. The predicted molar refractivity (Wildman–Crippen MR) is 401 cm³/mol. The highest BCUT2D eigenvalue weighted by Gasteiger charge is 2.49. The average Bonchev–Trinajstić information content (AvgIpc) is 0.817. The molecular weight excluding hydrogens is 1590 g/mol. The molecule has 47 heteroatoms. The molecule has 119 heavy (non-hydrogen) atoms. The first-order chi connectivity index (χ1) is 56.5. The summed E-state index contributed by atoms with van der Waals surface area (Å²) in [5, 5.41) is 145. The van der Waals surface area contributed by atoms with Crippen LogP contribution in [0.1, 0.15) is 71.7 Å². The molecule has 0 radical (unpaired) electrons. The van der Waals surface area contributed by atoms with Crippen LogP contribution >= 0.6 is 0 Å². The van der Waals surface area contributed by atoms with Crippen LogP contribution in [0.4, 0.5) is 0 Å². The number of hydrogen-bond donors (Lipinski definition) is 21. The molecule has 1 aromatic rings. The zero-order valence-corrected chi connectivity index (χ0v) is 67.4. The van der Waals surface area contributed by atoms with Gasteiger partial charge in [-0.3, -0.25) is 52.7 Å².